The minimum atomic E-state index is -0.115. The zero-order valence-electron chi connectivity index (χ0n) is 16.4. The fourth-order valence-corrected chi connectivity index (χ4v) is 3.22. The van der Waals surface area contributed by atoms with Crippen molar-refractivity contribution in [1.29, 1.82) is 0 Å². The zero-order valence-corrected chi connectivity index (χ0v) is 16.4. The molecule has 28 heavy (non-hydrogen) atoms. The third-order valence-electron chi connectivity index (χ3n) is 4.91. The van der Waals surface area contributed by atoms with Gasteiger partial charge in [-0.1, -0.05) is 18.2 Å². The van der Waals surface area contributed by atoms with Gasteiger partial charge in [0.2, 0.25) is 11.8 Å². The Morgan fingerprint density at radius 2 is 1.79 bits per heavy atom. The highest BCUT2D eigenvalue weighted by Crippen LogP contribution is 2.15. The third-order valence-corrected chi connectivity index (χ3v) is 4.91. The largest absolute Gasteiger partial charge is 0.497 e. The first-order chi connectivity index (χ1) is 13.6. The van der Waals surface area contributed by atoms with Crippen LogP contribution in [0.15, 0.2) is 48.7 Å². The van der Waals surface area contributed by atoms with Gasteiger partial charge in [-0.15, -0.1) is 0 Å². The monoisotopic (exact) mass is 382 g/mol. The Bertz CT molecular complexity index is 787. The second kappa shape index (κ2) is 9.21. The average Bonchev–Trinajstić information content (AvgIpc) is 2.74. The number of nitrogens with zero attached hydrogens (tertiary/aromatic N) is 4. The summed E-state index contributed by atoms with van der Waals surface area (Å²) < 4.78 is 5.16. The molecule has 0 aliphatic carbocycles. The van der Waals surface area contributed by atoms with Crippen molar-refractivity contribution in [2.45, 2.75) is 13.5 Å². The van der Waals surface area contributed by atoms with Gasteiger partial charge in [0, 0.05) is 45.8 Å². The van der Waals surface area contributed by atoms with Crippen LogP contribution in [0.3, 0.4) is 0 Å². The number of benzene rings is 1. The lowest BCUT2D eigenvalue weighted by Gasteiger charge is -2.36. The van der Waals surface area contributed by atoms with Gasteiger partial charge < -0.3 is 19.4 Å². The number of hydrogen-bond acceptors (Lipinski definition) is 5. The minimum absolute atomic E-state index is 0.0237. The van der Waals surface area contributed by atoms with E-state index < -0.39 is 0 Å². The Morgan fingerprint density at radius 1 is 1.07 bits per heavy atom. The van der Waals surface area contributed by atoms with Gasteiger partial charge >= 0.3 is 0 Å². The Labute approximate surface area is 165 Å². The van der Waals surface area contributed by atoms with Crippen LogP contribution in [0.5, 0.6) is 5.75 Å². The summed E-state index contributed by atoms with van der Waals surface area (Å²) in [5.74, 6) is 1.56. The quantitative estimate of drug-likeness (QED) is 0.762. The molecule has 7 heteroatoms. The Kier molecular flexibility index (Phi) is 6.47. The summed E-state index contributed by atoms with van der Waals surface area (Å²) in [6.45, 7) is 4.72. The average molecular weight is 382 g/mol. The molecule has 2 heterocycles. The lowest BCUT2D eigenvalue weighted by atomic mass is 10.2. The van der Waals surface area contributed by atoms with Gasteiger partial charge in [-0.2, -0.15) is 0 Å². The molecular formula is C21H26N4O3. The summed E-state index contributed by atoms with van der Waals surface area (Å²) in [6, 6.07) is 13.4. The maximum atomic E-state index is 12.7. The lowest BCUT2D eigenvalue weighted by molar-refractivity contribution is -0.140. The van der Waals surface area contributed by atoms with E-state index in [0.717, 1.165) is 30.2 Å². The van der Waals surface area contributed by atoms with Crippen LogP contribution in [0.4, 0.5) is 5.82 Å². The molecule has 0 radical (unpaired) electrons. The molecule has 0 atom stereocenters. The molecule has 3 rings (SSSR count). The van der Waals surface area contributed by atoms with Gasteiger partial charge in [0.1, 0.15) is 18.1 Å². The minimum Gasteiger partial charge on any atom is -0.497 e. The van der Waals surface area contributed by atoms with E-state index >= 15 is 0 Å². The van der Waals surface area contributed by atoms with Crippen LogP contribution < -0.4 is 9.64 Å². The first-order valence-corrected chi connectivity index (χ1v) is 9.39. The number of carbonyl (C=O) groups is 2. The summed E-state index contributed by atoms with van der Waals surface area (Å²) in [6.07, 6.45) is 1.77. The summed E-state index contributed by atoms with van der Waals surface area (Å²) in [4.78, 5) is 34.7. The van der Waals surface area contributed by atoms with Crippen molar-refractivity contribution >= 4 is 17.6 Å². The second-order valence-corrected chi connectivity index (χ2v) is 6.78. The van der Waals surface area contributed by atoms with E-state index in [1.54, 1.807) is 18.2 Å². The van der Waals surface area contributed by atoms with Crippen LogP contribution in [0.2, 0.25) is 0 Å². The summed E-state index contributed by atoms with van der Waals surface area (Å²) in [5.41, 5.74) is 0.962. The van der Waals surface area contributed by atoms with Crippen molar-refractivity contribution in [3.05, 3.63) is 54.2 Å². The standard InChI is InChI=1S/C21H26N4O3/c1-17(26)25(15-18-6-8-19(28-2)9-7-18)16-21(27)24-13-11-23(12-14-24)20-5-3-4-10-22-20/h3-10H,11-16H2,1-2H3. The van der Waals surface area contributed by atoms with Crippen molar-refractivity contribution in [3.8, 4) is 5.75 Å². The molecule has 1 aromatic heterocycles. The molecule has 0 saturated carbocycles. The Morgan fingerprint density at radius 3 is 2.36 bits per heavy atom. The molecule has 1 aromatic carbocycles. The van der Waals surface area contributed by atoms with Crippen molar-refractivity contribution in [1.82, 2.24) is 14.8 Å². The van der Waals surface area contributed by atoms with Gasteiger partial charge in [-0.05, 0) is 29.8 Å². The number of anilines is 1. The van der Waals surface area contributed by atoms with E-state index in [1.807, 2.05) is 47.4 Å². The Hall–Kier alpha value is -3.09. The molecule has 2 aromatic rings. The van der Waals surface area contributed by atoms with Crippen molar-refractivity contribution in [2.24, 2.45) is 0 Å². The number of piperazine rings is 1. The molecule has 2 amide bonds. The second-order valence-electron chi connectivity index (χ2n) is 6.78. The van der Waals surface area contributed by atoms with E-state index in [-0.39, 0.29) is 18.4 Å². The number of amides is 2. The summed E-state index contributed by atoms with van der Waals surface area (Å²) in [5, 5.41) is 0. The van der Waals surface area contributed by atoms with Crippen molar-refractivity contribution in [2.75, 3.05) is 44.7 Å². The predicted molar refractivity (Wildman–Crippen MR) is 107 cm³/mol. The number of rotatable bonds is 6. The summed E-state index contributed by atoms with van der Waals surface area (Å²) >= 11 is 0. The highest BCUT2D eigenvalue weighted by Gasteiger charge is 2.24. The molecule has 1 saturated heterocycles. The SMILES string of the molecule is COc1ccc(CN(CC(=O)N2CCN(c3ccccn3)CC2)C(C)=O)cc1. The third kappa shape index (κ3) is 5.00. The molecule has 0 unspecified atom stereocenters. The number of pyridine rings is 1. The number of ether oxygens (including phenoxy) is 1. The van der Waals surface area contributed by atoms with E-state index in [4.69, 9.17) is 4.74 Å². The lowest BCUT2D eigenvalue weighted by Crippen LogP contribution is -2.51. The molecule has 0 spiro atoms. The fraction of sp³-hybridized carbons (Fsp3) is 0.381. The van der Waals surface area contributed by atoms with Gasteiger partial charge in [-0.3, -0.25) is 9.59 Å². The predicted octanol–water partition coefficient (Wildman–Crippen LogP) is 1.79. The molecule has 1 aliphatic heterocycles. The summed E-state index contributed by atoms with van der Waals surface area (Å²) in [7, 11) is 1.61. The molecule has 0 N–H and O–H groups in total. The Balaban J connectivity index is 1.55. The van der Waals surface area contributed by atoms with Crippen LogP contribution in [0.25, 0.3) is 0 Å². The highest BCUT2D eigenvalue weighted by atomic mass is 16.5. The van der Waals surface area contributed by atoms with Crippen LogP contribution in [0, 0.1) is 0 Å². The van der Waals surface area contributed by atoms with Gasteiger partial charge in [-0.25, -0.2) is 4.98 Å². The maximum absolute atomic E-state index is 12.7. The number of hydrogen-bond donors (Lipinski definition) is 0. The molecule has 1 fully saturated rings. The van der Waals surface area contributed by atoms with Gasteiger partial charge in [0.05, 0.1) is 7.11 Å². The van der Waals surface area contributed by atoms with Gasteiger partial charge in [0.25, 0.3) is 0 Å². The van der Waals surface area contributed by atoms with Crippen LogP contribution in [-0.2, 0) is 16.1 Å². The van der Waals surface area contributed by atoms with E-state index in [1.165, 1.54) is 6.92 Å². The van der Waals surface area contributed by atoms with Crippen LogP contribution in [-0.4, -0.2) is 66.4 Å². The van der Waals surface area contributed by atoms with E-state index in [9.17, 15) is 9.59 Å². The smallest absolute Gasteiger partial charge is 0.242 e. The zero-order chi connectivity index (χ0) is 19.9. The number of carbonyl (C=O) groups excluding carboxylic acids is 2. The molecule has 7 nitrogen and oxygen atoms in total. The van der Waals surface area contributed by atoms with Crippen molar-refractivity contribution in [3.63, 3.8) is 0 Å². The number of methoxy groups -OCH3 is 1. The topological polar surface area (TPSA) is 66.0 Å². The van der Waals surface area contributed by atoms with E-state index in [0.29, 0.717) is 19.6 Å². The fourth-order valence-electron chi connectivity index (χ4n) is 3.22. The normalized spacial score (nSPS) is 13.9. The van der Waals surface area contributed by atoms with E-state index in [2.05, 4.69) is 9.88 Å². The van der Waals surface area contributed by atoms with Gasteiger partial charge in [0.15, 0.2) is 0 Å². The molecular weight excluding hydrogens is 356 g/mol. The first-order valence-electron chi connectivity index (χ1n) is 9.39. The molecule has 0 bridgehead atoms. The molecule has 1 aliphatic rings. The number of aromatic nitrogens is 1. The van der Waals surface area contributed by atoms with Crippen LogP contribution >= 0.6 is 0 Å². The van der Waals surface area contributed by atoms with Crippen LogP contribution in [0.1, 0.15) is 12.5 Å². The molecule has 148 valence electrons. The van der Waals surface area contributed by atoms with Crippen molar-refractivity contribution < 1.29 is 14.3 Å². The highest BCUT2D eigenvalue weighted by molar-refractivity contribution is 5.84. The maximum Gasteiger partial charge on any atom is 0.242 e. The first kappa shape index (κ1) is 19.7.